The van der Waals surface area contributed by atoms with E-state index in [2.05, 4.69) is 36.6 Å². The molecule has 2 N–H and O–H groups in total. The highest BCUT2D eigenvalue weighted by atomic mass is 16.5. The summed E-state index contributed by atoms with van der Waals surface area (Å²) in [5.74, 6) is 2.36. The Balaban J connectivity index is 1.33. The summed E-state index contributed by atoms with van der Waals surface area (Å²) in [6.07, 6.45) is 3.20. The molecule has 0 aliphatic carbocycles. The summed E-state index contributed by atoms with van der Waals surface area (Å²) in [6, 6.07) is 13.5. The van der Waals surface area contributed by atoms with Gasteiger partial charge in [0.2, 0.25) is 5.88 Å². The Morgan fingerprint density at radius 3 is 2.69 bits per heavy atom. The average molecular weight is 488 g/mol. The fraction of sp³-hybridized carbons (Fsp3) is 0.385. The van der Waals surface area contributed by atoms with Crippen LogP contribution >= 0.6 is 0 Å². The topological polar surface area (TPSA) is 117 Å². The van der Waals surface area contributed by atoms with Crippen molar-refractivity contribution in [3.05, 3.63) is 48.3 Å². The van der Waals surface area contributed by atoms with Gasteiger partial charge in [-0.15, -0.1) is 0 Å². The number of pyridine rings is 1. The first-order chi connectivity index (χ1) is 17.7. The number of hydrogen-bond acceptors (Lipinski definition) is 10. The molecule has 0 amide bonds. The van der Waals surface area contributed by atoms with E-state index in [0.717, 1.165) is 50.3 Å². The van der Waals surface area contributed by atoms with Crippen molar-refractivity contribution in [3.8, 4) is 29.0 Å². The van der Waals surface area contributed by atoms with Crippen LogP contribution in [-0.4, -0.2) is 67.6 Å². The second-order valence-electron chi connectivity index (χ2n) is 8.63. The molecule has 2 aromatic heterocycles. The maximum Gasteiger partial charge on any atom is 0.239 e. The van der Waals surface area contributed by atoms with Crippen molar-refractivity contribution in [2.24, 2.45) is 0 Å². The molecule has 0 radical (unpaired) electrons. The smallest absolute Gasteiger partial charge is 0.239 e. The molecule has 2 aliphatic rings. The maximum absolute atomic E-state index is 9.71. The summed E-state index contributed by atoms with van der Waals surface area (Å²) < 4.78 is 17.0. The Morgan fingerprint density at radius 2 is 1.92 bits per heavy atom. The molecular formula is C26H29N7O3. The van der Waals surface area contributed by atoms with Crippen LogP contribution in [0, 0.1) is 11.3 Å². The predicted octanol–water partition coefficient (Wildman–Crippen LogP) is 3.13. The van der Waals surface area contributed by atoms with Crippen molar-refractivity contribution in [1.82, 2.24) is 20.3 Å². The zero-order valence-electron chi connectivity index (χ0n) is 20.2. The lowest BCUT2D eigenvalue weighted by Crippen LogP contribution is -2.43. The number of ether oxygens (including phenoxy) is 3. The molecule has 0 unspecified atom stereocenters. The third-order valence-corrected chi connectivity index (χ3v) is 6.27. The van der Waals surface area contributed by atoms with Crippen molar-refractivity contribution >= 4 is 17.3 Å². The summed E-state index contributed by atoms with van der Waals surface area (Å²) in [4.78, 5) is 15.6. The summed E-state index contributed by atoms with van der Waals surface area (Å²) in [5, 5.41) is 16.3. The van der Waals surface area contributed by atoms with Crippen LogP contribution in [0.5, 0.6) is 11.6 Å². The first-order valence-corrected chi connectivity index (χ1v) is 12.1. The Labute approximate surface area is 210 Å². The number of nitrogens with zero attached hydrogens (tertiary/aromatic N) is 5. The predicted molar refractivity (Wildman–Crippen MR) is 136 cm³/mol. The number of nitriles is 1. The van der Waals surface area contributed by atoms with Gasteiger partial charge in [0, 0.05) is 50.7 Å². The Kier molecular flexibility index (Phi) is 7.40. The molecule has 1 aromatic carbocycles. The Hall–Kier alpha value is -3.94. The average Bonchev–Trinajstić information content (AvgIpc) is 2.94. The fourth-order valence-electron chi connectivity index (χ4n) is 4.37. The second kappa shape index (κ2) is 11.2. The lowest BCUT2D eigenvalue weighted by atomic mass is 10.1. The van der Waals surface area contributed by atoms with E-state index >= 15 is 0 Å². The maximum atomic E-state index is 9.71. The zero-order valence-corrected chi connectivity index (χ0v) is 20.2. The van der Waals surface area contributed by atoms with Crippen LogP contribution in [0.1, 0.15) is 18.4 Å². The van der Waals surface area contributed by atoms with E-state index in [1.165, 1.54) is 6.33 Å². The van der Waals surface area contributed by atoms with E-state index in [4.69, 9.17) is 14.2 Å². The molecule has 0 atom stereocenters. The SMILES string of the molecule is COc1nc(Nc2cc(-c3ccc(OC4CCOCC4)c(C#N)c3)ncn2)ccc1N1CCNCC1. The first-order valence-electron chi connectivity index (χ1n) is 12.1. The van der Waals surface area contributed by atoms with Gasteiger partial charge in [0.15, 0.2) is 0 Å². The van der Waals surface area contributed by atoms with Crippen LogP contribution < -0.4 is 25.0 Å². The third-order valence-electron chi connectivity index (χ3n) is 6.27. The highest BCUT2D eigenvalue weighted by molar-refractivity contribution is 5.68. The van der Waals surface area contributed by atoms with Gasteiger partial charge >= 0.3 is 0 Å². The van der Waals surface area contributed by atoms with Crippen molar-refractivity contribution in [2.75, 3.05) is 56.7 Å². The molecule has 0 bridgehead atoms. The molecule has 0 saturated carbocycles. The number of benzene rings is 1. The minimum atomic E-state index is 0.0639. The van der Waals surface area contributed by atoms with Gasteiger partial charge < -0.3 is 29.7 Å². The molecule has 5 rings (SSSR count). The molecule has 2 saturated heterocycles. The van der Waals surface area contributed by atoms with E-state index in [1.54, 1.807) is 13.2 Å². The van der Waals surface area contributed by atoms with Gasteiger partial charge in [-0.25, -0.2) is 9.97 Å². The zero-order chi connectivity index (χ0) is 24.7. The molecule has 4 heterocycles. The Bertz CT molecular complexity index is 1230. The van der Waals surface area contributed by atoms with Crippen molar-refractivity contribution in [2.45, 2.75) is 18.9 Å². The summed E-state index contributed by atoms with van der Waals surface area (Å²) in [5.41, 5.74) is 2.93. The van der Waals surface area contributed by atoms with Gasteiger partial charge in [-0.2, -0.15) is 10.2 Å². The first kappa shape index (κ1) is 23.8. The van der Waals surface area contributed by atoms with Crippen LogP contribution in [-0.2, 0) is 4.74 Å². The van der Waals surface area contributed by atoms with Crippen LogP contribution in [0.2, 0.25) is 0 Å². The number of anilines is 3. The highest BCUT2D eigenvalue weighted by Crippen LogP contribution is 2.31. The van der Waals surface area contributed by atoms with E-state index in [1.807, 2.05) is 30.3 Å². The summed E-state index contributed by atoms with van der Waals surface area (Å²) in [6.45, 7) is 5.04. The van der Waals surface area contributed by atoms with E-state index < -0.39 is 0 Å². The number of nitrogens with one attached hydrogen (secondary N) is 2. The van der Waals surface area contributed by atoms with Crippen LogP contribution in [0.4, 0.5) is 17.3 Å². The Morgan fingerprint density at radius 1 is 1.08 bits per heavy atom. The largest absolute Gasteiger partial charge is 0.489 e. The van der Waals surface area contributed by atoms with Crippen LogP contribution in [0.15, 0.2) is 42.7 Å². The number of methoxy groups -OCH3 is 1. The molecule has 2 fully saturated rings. The van der Waals surface area contributed by atoms with Gasteiger partial charge in [0.25, 0.3) is 0 Å². The number of hydrogen-bond donors (Lipinski definition) is 2. The molecule has 36 heavy (non-hydrogen) atoms. The minimum Gasteiger partial charge on any atom is -0.489 e. The van der Waals surface area contributed by atoms with Gasteiger partial charge in [0.1, 0.15) is 41.6 Å². The lowest BCUT2D eigenvalue weighted by molar-refractivity contribution is 0.0254. The van der Waals surface area contributed by atoms with Gasteiger partial charge in [-0.1, -0.05) is 0 Å². The van der Waals surface area contributed by atoms with Crippen LogP contribution in [0.3, 0.4) is 0 Å². The number of aromatic nitrogens is 3. The van der Waals surface area contributed by atoms with Crippen LogP contribution in [0.25, 0.3) is 11.3 Å². The number of piperazine rings is 1. The quantitative estimate of drug-likeness (QED) is 0.515. The van der Waals surface area contributed by atoms with Crippen molar-refractivity contribution in [3.63, 3.8) is 0 Å². The standard InChI is InChI=1S/C26H29N7O3/c1-34-26-22(33-10-8-28-9-11-33)3-5-24(32-26)31-25-15-21(29-17-30-25)18-2-4-23(19(14-18)16-27)36-20-6-12-35-13-7-20/h2-5,14-15,17,20,28H,6-13H2,1H3,(H,29,30,31,32). The molecule has 0 spiro atoms. The molecule has 10 nitrogen and oxygen atoms in total. The molecule has 3 aromatic rings. The lowest BCUT2D eigenvalue weighted by Gasteiger charge is -2.30. The van der Waals surface area contributed by atoms with E-state index in [-0.39, 0.29) is 6.10 Å². The molecule has 10 heteroatoms. The highest BCUT2D eigenvalue weighted by Gasteiger charge is 2.19. The normalized spacial score (nSPS) is 16.3. The third kappa shape index (κ3) is 5.48. The molecular weight excluding hydrogens is 458 g/mol. The molecule has 186 valence electrons. The van der Waals surface area contributed by atoms with E-state index in [9.17, 15) is 5.26 Å². The van der Waals surface area contributed by atoms with Crippen molar-refractivity contribution in [1.29, 1.82) is 5.26 Å². The fourth-order valence-corrected chi connectivity index (χ4v) is 4.37. The summed E-state index contributed by atoms with van der Waals surface area (Å²) >= 11 is 0. The second-order valence-corrected chi connectivity index (χ2v) is 8.63. The van der Waals surface area contributed by atoms with Gasteiger partial charge in [-0.05, 0) is 30.3 Å². The molecule has 2 aliphatic heterocycles. The van der Waals surface area contributed by atoms with Gasteiger partial charge in [0.05, 0.1) is 31.6 Å². The van der Waals surface area contributed by atoms with Crippen molar-refractivity contribution < 1.29 is 14.2 Å². The van der Waals surface area contributed by atoms with Gasteiger partial charge in [-0.3, -0.25) is 0 Å². The van der Waals surface area contributed by atoms with E-state index in [0.29, 0.717) is 47.7 Å². The monoisotopic (exact) mass is 487 g/mol. The minimum absolute atomic E-state index is 0.0639. The summed E-state index contributed by atoms with van der Waals surface area (Å²) in [7, 11) is 1.63. The number of rotatable bonds is 7.